The van der Waals surface area contributed by atoms with Crippen LogP contribution >= 0.6 is 0 Å². The minimum atomic E-state index is -0.0948. The lowest BCUT2D eigenvalue weighted by Crippen LogP contribution is -2.24. The third kappa shape index (κ3) is 4.11. The maximum absolute atomic E-state index is 13.1. The Morgan fingerprint density at radius 1 is 0.944 bits per heavy atom. The number of amides is 1. The van der Waals surface area contributed by atoms with Crippen LogP contribution in [0.1, 0.15) is 22.4 Å². The van der Waals surface area contributed by atoms with Crippen molar-refractivity contribution in [3.63, 3.8) is 0 Å². The number of hydrogen-bond donors (Lipinski definition) is 0. The molecule has 1 amide bonds. The van der Waals surface area contributed by atoms with Crippen LogP contribution in [0.2, 0.25) is 0 Å². The smallest absolute Gasteiger partial charge is 0.247 e. The zero-order chi connectivity index (χ0) is 25.2. The van der Waals surface area contributed by atoms with Crippen LogP contribution in [0.15, 0.2) is 67.0 Å². The number of benzene rings is 2. The second-order valence-corrected chi connectivity index (χ2v) is 8.52. The van der Waals surface area contributed by atoms with Crippen LogP contribution in [0.25, 0.3) is 17.6 Å². The largest absolute Gasteiger partial charge is 0.493 e. The molecule has 8 nitrogen and oxygen atoms in total. The molecule has 0 radical (unpaired) electrons. The van der Waals surface area contributed by atoms with Gasteiger partial charge in [0.15, 0.2) is 11.5 Å². The number of hydrogen-bond acceptors (Lipinski definition) is 5. The number of carbonyl (C=O) groups excluding carboxylic acids is 1. The van der Waals surface area contributed by atoms with Crippen molar-refractivity contribution in [2.45, 2.75) is 20.0 Å². The number of fused-ring (bicyclic) bond motifs is 1. The first-order valence-corrected chi connectivity index (χ1v) is 11.6. The van der Waals surface area contributed by atoms with Gasteiger partial charge in [-0.05, 0) is 54.5 Å². The molecular formula is C28H28N4O4. The van der Waals surface area contributed by atoms with E-state index >= 15 is 0 Å². The van der Waals surface area contributed by atoms with Gasteiger partial charge >= 0.3 is 0 Å². The van der Waals surface area contributed by atoms with Crippen molar-refractivity contribution in [2.75, 3.05) is 21.3 Å². The molecule has 0 N–H and O–H groups in total. The van der Waals surface area contributed by atoms with E-state index in [1.54, 1.807) is 50.5 Å². The van der Waals surface area contributed by atoms with Crippen molar-refractivity contribution in [3.05, 3.63) is 89.4 Å². The molecule has 2 aromatic heterocycles. The van der Waals surface area contributed by atoms with Gasteiger partial charge < -0.3 is 23.7 Å². The van der Waals surface area contributed by atoms with Gasteiger partial charge in [0.2, 0.25) is 11.7 Å². The number of rotatable bonds is 7. The first-order chi connectivity index (χ1) is 17.5. The van der Waals surface area contributed by atoms with E-state index in [9.17, 15) is 4.79 Å². The van der Waals surface area contributed by atoms with Crippen molar-refractivity contribution in [2.24, 2.45) is 0 Å². The monoisotopic (exact) mass is 484 g/mol. The van der Waals surface area contributed by atoms with Crippen molar-refractivity contribution < 1.29 is 19.0 Å². The third-order valence-corrected chi connectivity index (χ3v) is 6.34. The average Bonchev–Trinajstić information content (AvgIpc) is 3.63. The molecule has 1 aliphatic heterocycles. The van der Waals surface area contributed by atoms with Crippen LogP contribution in [0, 0.1) is 6.92 Å². The SMILES string of the molecule is COc1cc(C=CC(=O)N2Cc3nn(-c4ccccc4C)c(-n4cccc4)c3C2)cc(OC)c1OC. The average molecular weight is 485 g/mol. The highest BCUT2D eigenvalue weighted by molar-refractivity contribution is 5.92. The normalized spacial score (nSPS) is 12.7. The van der Waals surface area contributed by atoms with E-state index in [1.807, 2.05) is 41.3 Å². The molecule has 8 heteroatoms. The van der Waals surface area contributed by atoms with Gasteiger partial charge in [0.05, 0.1) is 45.8 Å². The fourth-order valence-corrected chi connectivity index (χ4v) is 4.54. The number of aryl methyl sites for hydroxylation is 1. The molecule has 4 aromatic rings. The van der Waals surface area contributed by atoms with Gasteiger partial charge in [0.1, 0.15) is 5.82 Å². The van der Waals surface area contributed by atoms with E-state index < -0.39 is 0 Å². The Hall–Kier alpha value is -4.46. The Labute approximate surface area is 209 Å². The molecule has 0 saturated heterocycles. The van der Waals surface area contributed by atoms with Gasteiger partial charge in [0, 0.05) is 24.0 Å². The summed E-state index contributed by atoms with van der Waals surface area (Å²) in [5.41, 5.74) is 4.87. The van der Waals surface area contributed by atoms with E-state index in [-0.39, 0.29) is 5.91 Å². The molecule has 1 aliphatic rings. The Kier molecular flexibility index (Phi) is 6.25. The molecule has 0 fully saturated rings. The molecular weight excluding hydrogens is 456 g/mol. The molecule has 0 bridgehead atoms. The summed E-state index contributed by atoms with van der Waals surface area (Å²) in [5, 5.41) is 4.92. The van der Waals surface area contributed by atoms with Crippen molar-refractivity contribution in [1.82, 2.24) is 19.2 Å². The van der Waals surface area contributed by atoms with Gasteiger partial charge in [-0.3, -0.25) is 4.79 Å². The standard InChI is InChI=1S/C28H28N4O4/c1-19-9-5-6-10-23(19)32-28(30-13-7-8-14-30)21-17-31(18-22(21)29-32)26(33)12-11-20-15-24(34-2)27(36-4)25(16-20)35-3/h5-16H,17-18H2,1-4H3. The van der Waals surface area contributed by atoms with Gasteiger partial charge in [-0.15, -0.1) is 0 Å². The Morgan fingerprint density at radius 3 is 2.28 bits per heavy atom. The van der Waals surface area contributed by atoms with E-state index in [0.717, 1.165) is 33.9 Å². The predicted octanol–water partition coefficient (Wildman–Crippen LogP) is 4.55. The van der Waals surface area contributed by atoms with E-state index in [1.165, 1.54) is 0 Å². The quantitative estimate of drug-likeness (QED) is 0.360. The van der Waals surface area contributed by atoms with E-state index in [0.29, 0.717) is 30.3 Å². The fraction of sp³-hybridized carbons (Fsp3) is 0.214. The lowest BCUT2D eigenvalue weighted by molar-refractivity contribution is -0.126. The van der Waals surface area contributed by atoms with Crippen LogP contribution in [0.5, 0.6) is 17.2 Å². The molecule has 184 valence electrons. The van der Waals surface area contributed by atoms with Crippen LogP contribution < -0.4 is 14.2 Å². The summed E-state index contributed by atoms with van der Waals surface area (Å²) in [4.78, 5) is 14.9. The summed E-state index contributed by atoms with van der Waals surface area (Å²) < 4.78 is 20.2. The number of aromatic nitrogens is 3. The van der Waals surface area contributed by atoms with Crippen LogP contribution in [-0.2, 0) is 17.9 Å². The zero-order valence-electron chi connectivity index (χ0n) is 20.8. The molecule has 0 spiro atoms. The first-order valence-electron chi connectivity index (χ1n) is 11.6. The second-order valence-electron chi connectivity index (χ2n) is 8.52. The molecule has 2 aromatic carbocycles. The topological polar surface area (TPSA) is 70.8 Å². The molecule has 36 heavy (non-hydrogen) atoms. The molecule has 0 unspecified atom stereocenters. The Bertz CT molecular complexity index is 1410. The summed E-state index contributed by atoms with van der Waals surface area (Å²) in [6.45, 7) is 3.00. The maximum Gasteiger partial charge on any atom is 0.247 e. The lowest BCUT2D eigenvalue weighted by Gasteiger charge is -2.17. The van der Waals surface area contributed by atoms with E-state index in [4.69, 9.17) is 19.3 Å². The summed E-state index contributed by atoms with van der Waals surface area (Å²) in [5.74, 6) is 2.44. The van der Waals surface area contributed by atoms with Gasteiger partial charge in [-0.1, -0.05) is 18.2 Å². The van der Waals surface area contributed by atoms with Crippen molar-refractivity contribution in [1.29, 1.82) is 0 Å². The molecule has 5 rings (SSSR count). The number of para-hydroxylation sites is 1. The number of methoxy groups -OCH3 is 3. The predicted molar refractivity (Wildman–Crippen MR) is 137 cm³/mol. The number of carbonyl (C=O) groups is 1. The number of ether oxygens (including phenoxy) is 3. The van der Waals surface area contributed by atoms with Crippen LogP contribution in [-0.4, -0.2) is 46.5 Å². The fourth-order valence-electron chi connectivity index (χ4n) is 4.54. The summed E-state index contributed by atoms with van der Waals surface area (Å²) in [6.07, 6.45) is 7.32. The minimum Gasteiger partial charge on any atom is -0.493 e. The Morgan fingerprint density at radius 2 is 1.64 bits per heavy atom. The maximum atomic E-state index is 13.1. The summed E-state index contributed by atoms with van der Waals surface area (Å²) in [7, 11) is 4.69. The highest BCUT2D eigenvalue weighted by Crippen LogP contribution is 2.38. The second kappa shape index (κ2) is 9.65. The molecule has 0 aliphatic carbocycles. The van der Waals surface area contributed by atoms with Crippen molar-refractivity contribution in [3.8, 4) is 28.8 Å². The van der Waals surface area contributed by atoms with Crippen LogP contribution in [0.4, 0.5) is 0 Å². The Balaban J connectivity index is 1.42. The van der Waals surface area contributed by atoms with Gasteiger partial charge in [0.25, 0.3) is 0 Å². The molecule has 0 saturated carbocycles. The van der Waals surface area contributed by atoms with Gasteiger partial charge in [-0.25, -0.2) is 4.68 Å². The van der Waals surface area contributed by atoms with Crippen molar-refractivity contribution >= 4 is 12.0 Å². The van der Waals surface area contributed by atoms with Crippen LogP contribution in [0.3, 0.4) is 0 Å². The minimum absolute atomic E-state index is 0.0948. The highest BCUT2D eigenvalue weighted by Gasteiger charge is 2.31. The summed E-state index contributed by atoms with van der Waals surface area (Å²) in [6, 6.07) is 15.8. The lowest BCUT2D eigenvalue weighted by atomic mass is 10.1. The highest BCUT2D eigenvalue weighted by atomic mass is 16.5. The summed E-state index contributed by atoms with van der Waals surface area (Å²) >= 11 is 0. The van der Waals surface area contributed by atoms with Gasteiger partial charge in [-0.2, -0.15) is 5.10 Å². The zero-order valence-corrected chi connectivity index (χ0v) is 20.8. The first kappa shape index (κ1) is 23.3. The van der Waals surface area contributed by atoms with E-state index in [2.05, 4.69) is 23.6 Å². The molecule has 0 atom stereocenters. The number of nitrogens with zero attached hydrogens (tertiary/aromatic N) is 4. The molecule has 3 heterocycles. The third-order valence-electron chi connectivity index (χ3n) is 6.34.